The van der Waals surface area contributed by atoms with Gasteiger partial charge in [-0.15, -0.1) is 0 Å². The van der Waals surface area contributed by atoms with Crippen LogP contribution < -0.4 is 0 Å². The first-order valence-corrected chi connectivity index (χ1v) is 7.66. The van der Waals surface area contributed by atoms with E-state index in [4.69, 9.17) is 9.57 Å². The molecule has 6 nitrogen and oxygen atoms in total. The number of methoxy groups -OCH3 is 1. The van der Waals surface area contributed by atoms with Gasteiger partial charge in [-0.05, 0) is 58.0 Å². The van der Waals surface area contributed by atoms with E-state index in [0.717, 1.165) is 55.2 Å². The van der Waals surface area contributed by atoms with E-state index in [0.29, 0.717) is 12.5 Å². The second-order valence-corrected chi connectivity index (χ2v) is 6.05. The number of nitrogens with zero attached hydrogens (tertiary/aromatic N) is 2. The molecule has 2 saturated carbocycles. The highest BCUT2D eigenvalue weighted by atomic mass is 16.9. The van der Waals surface area contributed by atoms with Gasteiger partial charge < -0.3 is 25.1 Å². The van der Waals surface area contributed by atoms with Crippen LogP contribution in [0.2, 0.25) is 0 Å². The number of hydrogen-bond donors (Lipinski definition) is 0. The van der Waals surface area contributed by atoms with Gasteiger partial charge in [0.1, 0.15) is 0 Å². The van der Waals surface area contributed by atoms with Crippen molar-refractivity contribution in [3.63, 3.8) is 0 Å². The molecule has 6 heteroatoms. The number of hydrogen-bond acceptors (Lipinski definition) is 6. The third-order valence-corrected chi connectivity index (χ3v) is 4.64. The fourth-order valence-electron chi connectivity index (χ4n) is 3.27. The van der Waals surface area contributed by atoms with Crippen LogP contribution in [0.5, 0.6) is 0 Å². The molecule has 0 radical (unpaired) electrons. The van der Waals surface area contributed by atoms with Crippen molar-refractivity contribution in [2.75, 3.05) is 14.2 Å². The summed E-state index contributed by atoms with van der Waals surface area (Å²) in [5.41, 5.74) is 0. The lowest BCUT2D eigenvalue weighted by Crippen LogP contribution is -2.43. The first-order valence-electron chi connectivity index (χ1n) is 7.66. The van der Waals surface area contributed by atoms with Crippen molar-refractivity contribution in [1.82, 2.24) is 10.3 Å². The molecule has 0 saturated heterocycles. The molecule has 2 atom stereocenters. The summed E-state index contributed by atoms with van der Waals surface area (Å²) in [6.07, 6.45) is 7.18. The van der Waals surface area contributed by atoms with Gasteiger partial charge in [0.05, 0.1) is 12.2 Å². The van der Waals surface area contributed by atoms with Crippen LogP contribution in [-0.2, 0) is 9.57 Å². The summed E-state index contributed by atoms with van der Waals surface area (Å²) in [5, 5.41) is 25.2. The van der Waals surface area contributed by atoms with Crippen LogP contribution in [0.15, 0.2) is 0 Å². The molecule has 0 aliphatic heterocycles. The third-order valence-electron chi connectivity index (χ3n) is 4.64. The van der Waals surface area contributed by atoms with Crippen LogP contribution in [-0.4, -0.2) is 48.7 Å². The highest BCUT2D eigenvalue weighted by Crippen LogP contribution is 2.28. The van der Waals surface area contributed by atoms with Crippen molar-refractivity contribution in [3.8, 4) is 0 Å². The fraction of sp³-hybridized carbons (Fsp3) is 1.00. The molecule has 0 aromatic rings. The quantitative estimate of drug-likeness (QED) is 0.723. The Balaban J connectivity index is 1.75. The molecule has 118 valence electrons. The summed E-state index contributed by atoms with van der Waals surface area (Å²) < 4.78 is 5.31. The van der Waals surface area contributed by atoms with Gasteiger partial charge in [-0.25, -0.2) is 0 Å². The van der Waals surface area contributed by atoms with E-state index < -0.39 is 0 Å². The predicted molar refractivity (Wildman–Crippen MR) is 76.5 cm³/mol. The zero-order valence-electron chi connectivity index (χ0n) is 12.5. The lowest BCUT2D eigenvalue weighted by molar-refractivity contribution is -0.207. The summed E-state index contributed by atoms with van der Waals surface area (Å²) in [5.74, 6) is 0. The van der Waals surface area contributed by atoms with Crippen molar-refractivity contribution >= 4 is 0 Å². The first-order chi connectivity index (χ1) is 9.60. The minimum atomic E-state index is -0.176. The summed E-state index contributed by atoms with van der Waals surface area (Å²) in [4.78, 5) is 5.55. The van der Waals surface area contributed by atoms with Crippen molar-refractivity contribution in [2.24, 2.45) is 0 Å². The van der Waals surface area contributed by atoms with E-state index in [1.807, 2.05) is 0 Å². The summed E-state index contributed by atoms with van der Waals surface area (Å²) in [6, 6.07) is -0.219. The Morgan fingerprint density at radius 1 is 0.900 bits per heavy atom. The van der Waals surface area contributed by atoms with E-state index in [2.05, 4.69) is 0 Å². The SMILES string of the molecule is COC1CCC(ON([O-])C2CCCC(N(C)[O-])C2)CC1. The maximum atomic E-state index is 12.1. The first kappa shape index (κ1) is 16.1. The molecular weight excluding hydrogens is 260 g/mol. The Morgan fingerprint density at radius 3 is 2.10 bits per heavy atom. The maximum absolute atomic E-state index is 12.1. The molecule has 0 aromatic carbocycles. The molecule has 2 aliphatic rings. The molecule has 0 N–H and O–H groups in total. The van der Waals surface area contributed by atoms with E-state index in [1.54, 1.807) is 7.11 Å². The van der Waals surface area contributed by atoms with Gasteiger partial charge in [0, 0.05) is 13.2 Å². The molecule has 2 aliphatic carbocycles. The Hall–Kier alpha value is -0.240. The van der Waals surface area contributed by atoms with Crippen LogP contribution in [0.1, 0.15) is 51.4 Å². The van der Waals surface area contributed by atoms with Crippen molar-refractivity contribution in [2.45, 2.75) is 75.7 Å². The Kier molecular flexibility index (Phi) is 6.20. The van der Waals surface area contributed by atoms with Crippen molar-refractivity contribution < 1.29 is 9.57 Å². The van der Waals surface area contributed by atoms with E-state index in [9.17, 15) is 10.4 Å². The number of hydroxylamine groups is 4. The predicted octanol–water partition coefficient (Wildman–Crippen LogP) is 2.42. The minimum Gasteiger partial charge on any atom is -0.785 e. The van der Waals surface area contributed by atoms with Crippen molar-refractivity contribution in [3.05, 3.63) is 10.4 Å². The molecule has 0 bridgehead atoms. The second kappa shape index (κ2) is 7.68. The van der Waals surface area contributed by atoms with Gasteiger partial charge in [0.15, 0.2) is 0 Å². The molecule has 2 fully saturated rings. The zero-order chi connectivity index (χ0) is 14.5. The van der Waals surface area contributed by atoms with Crippen LogP contribution in [0.3, 0.4) is 0 Å². The van der Waals surface area contributed by atoms with Gasteiger partial charge in [-0.2, -0.15) is 0 Å². The van der Waals surface area contributed by atoms with Gasteiger partial charge in [-0.3, -0.25) is 5.23 Å². The zero-order valence-corrected chi connectivity index (χ0v) is 12.5. The summed E-state index contributed by atoms with van der Waals surface area (Å²) >= 11 is 0. The van der Waals surface area contributed by atoms with Gasteiger partial charge in [0.2, 0.25) is 0 Å². The number of ether oxygens (including phenoxy) is 1. The van der Waals surface area contributed by atoms with E-state index in [-0.39, 0.29) is 18.2 Å². The average Bonchev–Trinajstić information content (AvgIpc) is 2.48. The lowest BCUT2D eigenvalue weighted by Gasteiger charge is -2.46. The molecule has 0 amide bonds. The fourth-order valence-corrected chi connectivity index (χ4v) is 3.27. The normalized spacial score (nSPS) is 35.7. The molecule has 0 aromatic heterocycles. The topological polar surface area (TPSA) is 71.1 Å². The van der Waals surface area contributed by atoms with Gasteiger partial charge in [0.25, 0.3) is 0 Å². The van der Waals surface area contributed by atoms with E-state index in [1.165, 1.54) is 7.05 Å². The molecule has 2 unspecified atom stereocenters. The molecule has 2 rings (SSSR count). The van der Waals surface area contributed by atoms with E-state index >= 15 is 0 Å². The average molecular weight is 286 g/mol. The standard InChI is InChI=1S/C14H26N2O4/c1-15(17)11-4-3-5-12(10-11)16(18)20-14-8-6-13(19-2)7-9-14/h11-14H,3-10H2,1-2H3/q-2. The second-order valence-electron chi connectivity index (χ2n) is 6.05. The Bertz CT molecular complexity index is 282. The molecule has 20 heavy (non-hydrogen) atoms. The maximum Gasteiger partial charge on any atom is 0.0783 e. The third kappa shape index (κ3) is 4.38. The van der Waals surface area contributed by atoms with Crippen LogP contribution in [0.4, 0.5) is 0 Å². The highest BCUT2D eigenvalue weighted by molar-refractivity contribution is 4.83. The molecule has 0 spiro atoms. The largest absolute Gasteiger partial charge is 0.785 e. The summed E-state index contributed by atoms with van der Waals surface area (Å²) in [6.45, 7) is 0. The number of rotatable bonds is 5. The Morgan fingerprint density at radius 2 is 1.50 bits per heavy atom. The lowest BCUT2D eigenvalue weighted by atomic mass is 9.91. The van der Waals surface area contributed by atoms with Gasteiger partial charge >= 0.3 is 0 Å². The highest BCUT2D eigenvalue weighted by Gasteiger charge is 2.26. The van der Waals surface area contributed by atoms with Crippen LogP contribution in [0.25, 0.3) is 0 Å². The minimum absolute atomic E-state index is 0.00394. The van der Waals surface area contributed by atoms with Gasteiger partial charge in [-0.1, -0.05) is 6.42 Å². The molecule has 0 heterocycles. The van der Waals surface area contributed by atoms with Crippen LogP contribution in [0, 0.1) is 10.4 Å². The smallest absolute Gasteiger partial charge is 0.0783 e. The monoisotopic (exact) mass is 286 g/mol. The summed E-state index contributed by atoms with van der Waals surface area (Å²) in [7, 11) is 3.27. The van der Waals surface area contributed by atoms with Crippen molar-refractivity contribution in [1.29, 1.82) is 0 Å². The Labute approximate surface area is 121 Å². The molecular formula is C14H26N2O4-2. The van der Waals surface area contributed by atoms with Crippen LogP contribution >= 0.6 is 0 Å².